The Morgan fingerprint density at radius 1 is 1.11 bits per heavy atom. The van der Waals surface area contributed by atoms with Gasteiger partial charge in [-0.05, 0) is 37.6 Å². The topological polar surface area (TPSA) is 41.1 Å². The van der Waals surface area contributed by atoms with E-state index in [-0.39, 0.29) is 0 Å². The average molecular weight is 256 g/mol. The molecular weight excluding hydrogens is 236 g/mol. The molecule has 0 amide bonds. The largest absolute Gasteiger partial charge is 0.384 e. The highest BCUT2D eigenvalue weighted by molar-refractivity contribution is 5.55. The second-order valence-electron chi connectivity index (χ2n) is 4.33. The zero-order chi connectivity index (χ0) is 13.5. The van der Waals surface area contributed by atoms with Crippen LogP contribution in [0.1, 0.15) is 19.4 Å². The molecule has 1 N–H and O–H groups in total. The van der Waals surface area contributed by atoms with Gasteiger partial charge in [-0.1, -0.05) is 0 Å². The standard InChI is InChI=1S/C15H20N4/c1-3-18-14-9-15(11-17-10-14)19(4-2)12-13-5-7-16-8-6-13/h5-11,18H,3-4,12H2,1-2H3. The number of pyridine rings is 2. The van der Waals surface area contributed by atoms with Crippen LogP contribution < -0.4 is 10.2 Å². The van der Waals surface area contributed by atoms with Crippen molar-refractivity contribution in [1.29, 1.82) is 0 Å². The van der Waals surface area contributed by atoms with E-state index in [9.17, 15) is 0 Å². The number of nitrogens with zero attached hydrogens (tertiary/aromatic N) is 3. The summed E-state index contributed by atoms with van der Waals surface area (Å²) >= 11 is 0. The Bertz CT molecular complexity index is 499. The minimum Gasteiger partial charge on any atom is -0.384 e. The first kappa shape index (κ1) is 13.3. The zero-order valence-electron chi connectivity index (χ0n) is 11.5. The summed E-state index contributed by atoms with van der Waals surface area (Å²) in [5.41, 5.74) is 3.46. The number of hydrogen-bond acceptors (Lipinski definition) is 4. The molecule has 100 valence electrons. The Hall–Kier alpha value is -2.10. The monoisotopic (exact) mass is 256 g/mol. The highest BCUT2D eigenvalue weighted by atomic mass is 15.1. The van der Waals surface area contributed by atoms with Gasteiger partial charge in [0.15, 0.2) is 0 Å². The second kappa shape index (κ2) is 6.73. The third-order valence-electron chi connectivity index (χ3n) is 2.97. The van der Waals surface area contributed by atoms with Gasteiger partial charge < -0.3 is 10.2 Å². The molecule has 0 saturated carbocycles. The molecule has 0 aliphatic carbocycles. The lowest BCUT2D eigenvalue weighted by molar-refractivity contribution is 0.827. The summed E-state index contributed by atoms with van der Waals surface area (Å²) in [4.78, 5) is 10.6. The lowest BCUT2D eigenvalue weighted by Gasteiger charge is -2.23. The molecule has 0 spiro atoms. The van der Waals surface area contributed by atoms with Crippen molar-refractivity contribution in [2.75, 3.05) is 23.3 Å². The summed E-state index contributed by atoms with van der Waals surface area (Å²) in [6, 6.07) is 6.23. The Morgan fingerprint density at radius 3 is 2.58 bits per heavy atom. The van der Waals surface area contributed by atoms with Crippen molar-refractivity contribution >= 4 is 11.4 Å². The number of aromatic nitrogens is 2. The van der Waals surface area contributed by atoms with Crippen molar-refractivity contribution in [3.05, 3.63) is 48.5 Å². The van der Waals surface area contributed by atoms with Crippen LogP contribution in [0.25, 0.3) is 0 Å². The zero-order valence-corrected chi connectivity index (χ0v) is 11.5. The van der Waals surface area contributed by atoms with Crippen LogP contribution in [0.15, 0.2) is 43.0 Å². The molecule has 0 aromatic carbocycles. The van der Waals surface area contributed by atoms with E-state index in [1.165, 1.54) is 5.56 Å². The van der Waals surface area contributed by atoms with Crippen molar-refractivity contribution in [2.45, 2.75) is 20.4 Å². The Morgan fingerprint density at radius 2 is 1.89 bits per heavy atom. The summed E-state index contributed by atoms with van der Waals surface area (Å²) in [7, 11) is 0. The lowest BCUT2D eigenvalue weighted by Crippen LogP contribution is -2.22. The Labute approximate surface area is 114 Å². The molecule has 0 unspecified atom stereocenters. The van der Waals surface area contributed by atoms with E-state index in [1.54, 1.807) is 0 Å². The van der Waals surface area contributed by atoms with E-state index >= 15 is 0 Å². The lowest BCUT2D eigenvalue weighted by atomic mass is 10.2. The smallest absolute Gasteiger partial charge is 0.0576 e. The SMILES string of the molecule is CCNc1cncc(N(CC)Cc2ccncc2)c1. The summed E-state index contributed by atoms with van der Waals surface area (Å²) in [5.74, 6) is 0. The molecular formula is C15H20N4. The van der Waals surface area contributed by atoms with Crippen LogP contribution in [-0.2, 0) is 6.54 Å². The molecule has 0 saturated heterocycles. The molecule has 2 rings (SSSR count). The van der Waals surface area contributed by atoms with E-state index in [0.29, 0.717) is 0 Å². The second-order valence-corrected chi connectivity index (χ2v) is 4.33. The van der Waals surface area contributed by atoms with Gasteiger partial charge in [0.05, 0.1) is 23.8 Å². The number of nitrogens with one attached hydrogen (secondary N) is 1. The van der Waals surface area contributed by atoms with Gasteiger partial charge >= 0.3 is 0 Å². The number of hydrogen-bond donors (Lipinski definition) is 1. The molecule has 2 aromatic rings. The van der Waals surface area contributed by atoms with Gasteiger partial charge in [0.2, 0.25) is 0 Å². The van der Waals surface area contributed by atoms with Crippen molar-refractivity contribution in [2.24, 2.45) is 0 Å². The first-order valence-corrected chi connectivity index (χ1v) is 6.66. The van der Waals surface area contributed by atoms with Crippen molar-refractivity contribution in [3.8, 4) is 0 Å². The fraction of sp³-hybridized carbons (Fsp3) is 0.333. The first-order valence-electron chi connectivity index (χ1n) is 6.66. The molecule has 2 aromatic heterocycles. The van der Waals surface area contributed by atoms with Crippen molar-refractivity contribution in [1.82, 2.24) is 9.97 Å². The molecule has 0 aliphatic rings. The van der Waals surface area contributed by atoms with E-state index in [0.717, 1.165) is 31.0 Å². The minimum absolute atomic E-state index is 0.871. The van der Waals surface area contributed by atoms with Crippen LogP contribution in [0.5, 0.6) is 0 Å². The maximum absolute atomic E-state index is 4.30. The number of anilines is 2. The molecule has 0 aliphatic heterocycles. The molecule has 2 heterocycles. The van der Waals surface area contributed by atoms with Crippen LogP contribution in [0.4, 0.5) is 11.4 Å². The van der Waals surface area contributed by atoms with E-state index in [2.05, 4.69) is 40.1 Å². The van der Waals surface area contributed by atoms with Gasteiger partial charge in [0.25, 0.3) is 0 Å². The van der Waals surface area contributed by atoms with Crippen LogP contribution >= 0.6 is 0 Å². The van der Waals surface area contributed by atoms with E-state index in [1.807, 2.05) is 36.9 Å². The van der Waals surface area contributed by atoms with Gasteiger partial charge in [-0.2, -0.15) is 0 Å². The average Bonchev–Trinajstić information content (AvgIpc) is 2.46. The third kappa shape index (κ3) is 3.68. The van der Waals surface area contributed by atoms with Crippen LogP contribution in [0.3, 0.4) is 0 Å². The van der Waals surface area contributed by atoms with Gasteiger partial charge in [-0.15, -0.1) is 0 Å². The molecule has 4 heteroatoms. The van der Waals surface area contributed by atoms with Gasteiger partial charge in [0.1, 0.15) is 0 Å². The fourth-order valence-electron chi connectivity index (χ4n) is 2.00. The van der Waals surface area contributed by atoms with E-state index in [4.69, 9.17) is 0 Å². The maximum Gasteiger partial charge on any atom is 0.0576 e. The summed E-state index contributed by atoms with van der Waals surface area (Å²) in [6.45, 7) is 6.96. The van der Waals surface area contributed by atoms with Gasteiger partial charge in [0, 0.05) is 32.0 Å². The summed E-state index contributed by atoms with van der Waals surface area (Å²) < 4.78 is 0. The molecule has 19 heavy (non-hydrogen) atoms. The fourth-order valence-corrected chi connectivity index (χ4v) is 2.00. The quantitative estimate of drug-likeness (QED) is 0.862. The third-order valence-corrected chi connectivity index (χ3v) is 2.97. The molecule has 0 fully saturated rings. The molecule has 4 nitrogen and oxygen atoms in total. The van der Waals surface area contributed by atoms with Crippen LogP contribution in [-0.4, -0.2) is 23.1 Å². The van der Waals surface area contributed by atoms with Crippen molar-refractivity contribution in [3.63, 3.8) is 0 Å². The molecule has 0 atom stereocenters. The number of rotatable bonds is 6. The minimum atomic E-state index is 0.871. The summed E-state index contributed by atoms with van der Waals surface area (Å²) in [6.07, 6.45) is 7.42. The van der Waals surface area contributed by atoms with Gasteiger partial charge in [-0.25, -0.2) is 0 Å². The maximum atomic E-state index is 4.30. The van der Waals surface area contributed by atoms with Crippen LogP contribution in [0.2, 0.25) is 0 Å². The Balaban J connectivity index is 2.15. The molecule has 0 bridgehead atoms. The molecule has 0 radical (unpaired) electrons. The van der Waals surface area contributed by atoms with Crippen molar-refractivity contribution < 1.29 is 0 Å². The van der Waals surface area contributed by atoms with Gasteiger partial charge in [-0.3, -0.25) is 9.97 Å². The van der Waals surface area contributed by atoms with E-state index < -0.39 is 0 Å². The highest BCUT2D eigenvalue weighted by Gasteiger charge is 2.06. The normalized spacial score (nSPS) is 10.2. The highest BCUT2D eigenvalue weighted by Crippen LogP contribution is 2.19. The predicted molar refractivity (Wildman–Crippen MR) is 79.4 cm³/mol. The predicted octanol–water partition coefficient (Wildman–Crippen LogP) is 2.93. The first-order chi connectivity index (χ1) is 9.33. The summed E-state index contributed by atoms with van der Waals surface area (Å²) in [5, 5.41) is 3.29. The Kier molecular flexibility index (Phi) is 4.72. The van der Waals surface area contributed by atoms with Crippen LogP contribution in [0, 0.1) is 0 Å².